The van der Waals surface area contributed by atoms with Gasteiger partial charge in [-0.15, -0.1) is 0 Å². The Bertz CT molecular complexity index is 1250. The van der Waals surface area contributed by atoms with E-state index in [-0.39, 0.29) is 19.6 Å². The normalized spacial score (nSPS) is 10.3. The van der Waals surface area contributed by atoms with Gasteiger partial charge in [0.1, 0.15) is 6.42 Å². The summed E-state index contributed by atoms with van der Waals surface area (Å²) in [4.78, 5) is 65.4. The summed E-state index contributed by atoms with van der Waals surface area (Å²) in [5.74, 6) is -3.34. The van der Waals surface area contributed by atoms with Gasteiger partial charge in [0.25, 0.3) is 5.91 Å². The van der Waals surface area contributed by atoms with Gasteiger partial charge in [0.05, 0.1) is 6.54 Å². The molecular weight excluding hydrogens is 484 g/mol. The lowest BCUT2D eigenvalue weighted by molar-refractivity contribution is -0.138. The molecular formula is C29H30N4O5. The average molecular weight is 515 g/mol. The van der Waals surface area contributed by atoms with Crippen LogP contribution in [0.25, 0.3) is 0 Å². The quantitative estimate of drug-likeness (QED) is 0.283. The number of urea groups is 1. The van der Waals surface area contributed by atoms with Crippen molar-refractivity contribution in [3.8, 4) is 0 Å². The van der Waals surface area contributed by atoms with Gasteiger partial charge in [-0.25, -0.2) is 4.79 Å². The van der Waals surface area contributed by atoms with Crippen molar-refractivity contribution in [3.63, 3.8) is 0 Å². The summed E-state index contributed by atoms with van der Waals surface area (Å²) in [6.45, 7) is -0.462. The third-order valence-electron chi connectivity index (χ3n) is 5.69. The second kappa shape index (κ2) is 14.1. The molecule has 0 saturated heterocycles. The standard InChI is InChI=1S/C29H30N4O5/c30-26(35)18-27(36)33(17-16-22-10-4-1-5-11-22)29(38)32(20-24-14-8-3-9-15-24)21-25(34)28(37)31-19-23-12-6-2-7-13-23/h1-15H,16-21H2,(H2,30,35)(H,31,37). The molecule has 0 saturated carbocycles. The topological polar surface area (TPSA) is 130 Å². The minimum Gasteiger partial charge on any atom is -0.369 e. The third kappa shape index (κ3) is 8.70. The van der Waals surface area contributed by atoms with Crippen molar-refractivity contribution < 1.29 is 24.0 Å². The number of nitrogens with two attached hydrogens (primary N) is 1. The van der Waals surface area contributed by atoms with Gasteiger partial charge in [-0.1, -0.05) is 91.0 Å². The second-order valence-corrected chi connectivity index (χ2v) is 8.64. The predicted octanol–water partition coefficient (Wildman–Crippen LogP) is 2.44. The first kappa shape index (κ1) is 27.8. The van der Waals surface area contributed by atoms with E-state index >= 15 is 0 Å². The highest BCUT2D eigenvalue weighted by Crippen LogP contribution is 2.11. The first-order chi connectivity index (χ1) is 18.3. The number of Topliss-reactive ketones (excluding diaryl/α,β-unsaturated/α-hetero) is 1. The van der Waals surface area contributed by atoms with Crippen LogP contribution in [-0.2, 0) is 38.7 Å². The molecule has 0 unspecified atom stereocenters. The van der Waals surface area contributed by atoms with E-state index in [0.717, 1.165) is 20.9 Å². The maximum Gasteiger partial charge on any atom is 0.327 e. The van der Waals surface area contributed by atoms with E-state index in [1.165, 1.54) is 0 Å². The van der Waals surface area contributed by atoms with Crippen molar-refractivity contribution in [3.05, 3.63) is 108 Å². The van der Waals surface area contributed by atoms with Gasteiger partial charge in [-0.2, -0.15) is 0 Å². The van der Waals surface area contributed by atoms with E-state index in [9.17, 15) is 24.0 Å². The lowest BCUT2D eigenvalue weighted by Gasteiger charge is -2.29. The summed E-state index contributed by atoms with van der Waals surface area (Å²) in [7, 11) is 0. The summed E-state index contributed by atoms with van der Waals surface area (Å²) >= 11 is 0. The molecule has 3 aromatic rings. The number of hydrogen-bond acceptors (Lipinski definition) is 5. The Hall–Kier alpha value is -4.79. The van der Waals surface area contributed by atoms with Crippen LogP contribution in [0.4, 0.5) is 4.79 Å². The van der Waals surface area contributed by atoms with Crippen molar-refractivity contribution >= 4 is 29.5 Å². The fourth-order valence-electron chi connectivity index (χ4n) is 3.74. The van der Waals surface area contributed by atoms with Crippen LogP contribution in [-0.4, -0.2) is 52.4 Å². The van der Waals surface area contributed by atoms with Crippen LogP contribution in [0.3, 0.4) is 0 Å². The molecule has 0 aliphatic carbocycles. The monoisotopic (exact) mass is 514 g/mol. The zero-order valence-corrected chi connectivity index (χ0v) is 20.9. The molecule has 0 aliphatic heterocycles. The van der Waals surface area contributed by atoms with Gasteiger partial charge in [0.2, 0.25) is 17.6 Å². The first-order valence-electron chi connectivity index (χ1n) is 12.1. The molecule has 9 nitrogen and oxygen atoms in total. The highest BCUT2D eigenvalue weighted by molar-refractivity contribution is 6.37. The highest BCUT2D eigenvalue weighted by Gasteiger charge is 2.30. The molecule has 0 radical (unpaired) electrons. The Balaban J connectivity index is 1.78. The van der Waals surface area contributed by atoms with Crippen LogP contribution < -0.4 is 11.1 Å². The molecule has 0 aliphatic rings. The van der Waals surface area contributed by atoms with E-state index in [0.29, 0.717) is 12.0 Å². The maximum absolute atomic E-state index is 13.6. The zero-order valence-electron chi connectivity index (χ0n) is 20.9. The largest absolute Gasteiger partial charge is 0.369 e. The molecule has 3 aromatic carbocycles. The maximum atomic E-state index is 13.6. The van der Waals surface area contributed by atoms with Crippen molar-refractivity contribution in [2.45, 2.75) is 25.9 Å². The molecule has 0 atom stereocenters. The molecule has 196 valence electrons. The fraction of sp³-hybridized carbons (Fsp3) is 0.207. The van der Waals surface area contributed by atoms with Gasteiger partial charge in [-0.05, 0) is 23.1 Å². The van der Waals surface area contributed by atoms with Crippen LogP contribution in [0.15, 0.2) is 91.0 Å². The lowest BCUT2D eigenvalue weighted by Crippen LogP contribution is -2.50. The molecule has 0 heterocycles. The molecule has 0 fully saturated rings. The highest BCUT2D eigenvalue weighted by atomic mass is 16.2. The van der Waals surface area contributed by atoms with Gasteiger partial charge < -0.3 is 16.0 Å². The summed E-state index contributed by atoms with van der Waals surface area (Å²) in [6, 6.07) is 26.4. The number of carbonyl (C=O) groups excluding carboxylic acids is 5. The number of imide groups is 1. The number of carbonyl (C=O) groups is 5. The van der Waals surface area contributed by atoms with E-state index in [1.54, 1.807) is 30.3 Å². The van der Waals surface area contributed by atoms with Gasteiger partial charge >= 0.3 is 6.03 Å². The number of amides is 5. The number of nitrogens with one attached hydrogen (secondary N) is 1. The van der Waals surface area contributed by atoms with E-state index in [1.807, 2.05) is 60.7 Å². The first-order valence-corrected chi connectivity index (χ1v) is 12.1. The van der Waals surface area contributed by atoms with Gasteiger partial charge in [0, 0.05) is 19.6 Å². The number of primary amides is 1. The fourth-order valence-corrected chi connectivity index (χ4v) is 3.74. The summed E-state index contributed by atoms with van der Waals surface area (Å²) in [6.07, 6.45) is -0.326. The van der Waals surface area contributed by atoms with Crippen LogP contribution in [0, 0.1) is 0 Å². The van der Waals surface area contributed by atoms with Crippen LogP contribution in [0.2, 0.25) is 0 Å². The molecule has 0 bridgehead atoms. The number of hydrogen-bond donors (Lipinski definition) is 2. The van der Waals surface area contributed by atoms with Crippen molar-refractivity contribution in [2.75, 3.05) is 13.1 Å². The van der Waals surface area contributed by atoms with E-state index in [4.69, 9.17) is 5.73 Å². The van der Waals surface area contributed by atoms with Crippen LogP contribution in [0.5, 0.6) is 0 Å². The lowest BCUT2D eigenvalue weighted by atomic mass is 10.1. The average Bonchev–Trinajstić information content (AvgIpc) is 2.92. The molecule has 0 spiro atoms. The molecule has 38 heavy (non-hydrogen) atoms. The Morgan fingerprint density at radius 1 is 0.711 bits per heavy atom. The third-order valence-corrected chi connectivity index (χ3v) is 5.69. The molecule has 3 N–H and O–H groups in total. The van der Waals surface area contributed by atoms with Crippen LogP contribution >= 0.6 is 0 Å². The minimum atomic E-state index is -0.876. The van der Waals surface area contributed by atoms with E-state index in [2.05, 4.69) is 5.32 Å². The minimum absolute atomic E-state index is 0.0247. The summed E-state index contributed by atoms with van der Waals surface area (Å²) < 4.78 is 0. The second-order valence-electron chi connectivity index (χ2n) is 8.64. The smallest absolute Gasteiger partial charge is 0.327 e. The van der Waals surface area contributed by atoms with Gasteiger partial charge in [0.15, 0.2) is 0 Å². The van der Waals surface area contributed by atoms with Crippen molar-refractivity contribution in [2.24, 2.45) is 5.73 Å². The van der Waals surface area contributed by atoms with Gasteiger partial charge in [-0.3, -0.25) is 24.1 Å². The number of ketones is 1. The van der Waals surface area contributed by atoms with Crippen LogP contribution in [0.1, 0.15) is 23.1 Å². The Morgan fingerprint density at radius 2 is 1.24 bits per heavy atom. The predicted molar refractivity (Wildman–Crippen MR) is 141 cm³/mol. The van der Waals surface area contributed by atoms with E-state index < -0.39 is 42.5 Å². The number of rotatable bonds is 12. The molecule has 0 aromatic heterocycles. The number of nitrogens with zero attached hydrogens (tertiary/aromatic N) is 2. The molecule has 3 rings (SSSR count). The Morgan fingerprint density at radius 3 is 1.79 bits per heavy atom. The zero-order chi connectivity index (χ0) is 27.3. The van der Waals surface area contributed by atoms with Crippen molar-refractivity contribution in [1.82, 2.24) is 15.1 Å². The summed E-state index contributed by atoms with van der Waals surface area (Å²) in [5, 5.41) is 2.56. The Labute approximate surface area is 221 Å². The number of benzene rings is 3. The molecule has 5 amide bonds. The molecule has 9 heteroatoms. The Kier molecular flexibility index (Phi) is 10.3. The van der Waals surface area contributed by atoms with Crippen molar-refractivity contribution in [1.29, 1.82) is 0 Å². The summed E-state index contributed by atoms with van der Waals surface area (Å²) in [5.41, 5.74) is 7.61. The SMILES string of the molecule is NC(=O)CC(=O)N(CCc1ccccc1)C(=O)N(CC(=O)C(=O)NCc1ccccc1)Cc1ccccc1.